The summed E-state index contributed by atoms with van der Waals surface area (Å²) in [6.07, 6.45) is 2.84. The molecule has 1 aromatic carbocycles. The molecule has 1 aliphatic carbocycles. The Morgan fingerprint density at radius 2 is 2.05 bits per heavy atom. The Morgan fingerprint density at radius 3 is 2.74 bits per heavy atom. The third-order valence-electron chi connectivity index (χ3n) is 4.27. The van der Waals surface area contributed by atoms with E-state index in [4.69, 9.17) is 0 Å². The van der Waals surface area contributed by atoms with Crippen LogP contribution in [0.25, 0.3) is 0 Å². The van der Waals surface area contributed by atoms with Gasteiger partial charge in [0, 0.05) is 18.2 Å². The first kappa shape index (κ1) is 14.5. The van der Waals surface area contributed by atoms with E-state index in [9.17, 15) is 9.50 Å². The molecule has 4 unspecified atom stereocenters. The van der Waals surface area contributed by atoms with Crippen LogP contribution < -0.4 is 5.32 Å². The molecule has 0 aromatic heterocycles. The van der Waals surface area contributed by atoms with Crippen LogP contribution in [0.3, 0.4) is 0 Å². The summed E-state index contributed by atoms with van der Waals surface area (Å²) in [7, 11) is 0. The number of aliphatic hydroxyl groups excluding tert-OH is 1. The summed E-state index contributed by atoms with van der Waals surface area (Å²) in [5.74, 6) is 1.09. The van der Waals surface area contributed by atoms with E-state index in [-0.39, 0.29) is 5.82 Å². The first-order valence-corrected chi connectivity index (χ1v) is 7.23. The standard InChI is InChI=1S/C16H24FNO/c1-11-7-8-15(12(2)9-11)18-10-16(19)13-5-3-4-6-14(13)17/h3-6,11-12,15-16,18-19H,7-10H2,1-2H3. The minimum Gasteiger partial charge on any atom is -0.387 e. The van der Waals surface area contributed by atoms with E-state index in [0.717, 1.165) is 12.3 Å². The molecule has 1 fully saturated rings. The number of hydrogen-bond donors (Lipinski definition) is 2. The number of hydrogen-bond acceptors (Lipinski definition) is 2. The molecule has 0 spiro atoms. The van der Waals surface area contributed by atoms with Gasteiger partial charge in [0.2, 0.25) is 0 Å². The largest absolute Gasteiger partial charge is 0.387 e. The summed E-state index contributed by atoms with van der Waals surface area (Å²) in [4.78, 5) is 0. The van der Waals surface area contributed by atoms with Crippen LogP contribution in [-0.4, -0.2) is 17.7 Å². The maximum absolute atomic E-state index is 13.5. The second-order valence-electron chi connectivity index (χ2n) is 5.95. The first-order valence-electron chi connectivity index (χ1n) is 7.23. The number of halogens is 1. The molecule has 0 heterocycles. The Kier molecular flexibility index (Phi) is 4.94. The Morgan fingerprint density at radius 1 is 1.32 bits per heavy atom. The van der Waals surface area contributed by atoms with Crippen molar-refractivity contribution in [1.82, 2.24) is 5.32 Å². The van der Waals surface area contributed by atoms with Crippen molar-refractivity contribution in [3.63, 3.8) is 0 Å². The average molecular weight is 265 g/mol. The van der Waals surface area contributed by atoms with Crippen LogP contribution in [0.15, 0.2) is 24.3 Å². The summed E-state index contributed by atoms with van der Waals surface area (Å²) in [5.41, 5.74) is 0.381. The average Bonchev–Trinajstić information content (AvgIpc) is 2.38. The van der Waals surface area contributed by atoms with E-state index in [1.54, 1.807) is 18.2 Å². The molecule has 2 rings (SSSR count). The molecule has 106 valence electrons. The molecule has 1 saturated carbocycles. The fraction of sp³-hybridized carbons (Fsp3) is 0.625. The Balaban J connectivity index is 1.87. The summed E-state index contributed by atoms with van der Waals surface area (Å²) in [6.45, 7) is 4.97. The van der Waals surface area contributed by atoms with E-state index in [2.05, 4.69) is 19.2 Å². The molecule has 2 N–H and O–H groups in total. The van der Waals surface area contributed by atoms with Crippen molar-refractivity contribution < 1.29 is 9.50 Å². The van der Waals surface area contributed by atoms with Crippen molar-refractivity contribution in [2.45, 2.75) is 45.3 Å². The van der Waals surface area contributed by atoms with Crippen LogP contribution in [0.2, 0.25) is 0 Å². The van der Waals surface area contributed by atoms with Gasteiger partial charge < -0.3 is 10.4 Å². The van der Waals surface area contributed by atoms with Crippen molar-refractivity contribution in [2.75, 3.05) is 6.54 Å². The third kappa shape index (κ3) is 3.77. The number of aliphatic hydroxyl groups is 1. The maximum atomic E-state index is 13.5. The lowest BCUT2D eigenvalue weighted by atomic mass is 9.80. The molecule has 2 nitrogen and oxygen atoms in total. The van der Waals surface area contributed by atoms with Gasteiger partial charge in [0.25, 0.3) is 0 Å². The van der Waals surface area contributed by atoms with E-state index in [1.165, 1.54) is 18.9 Å². The molecule has 3 heteroatoms. The summed E-state index contributed by atoms with van der Waals surface area (Å²) in [5, 5.41) is 13.5. The predicted molar refractivity (Wildman–Crippen MR) is 75.3 cm³/mol. The molecule has 4 atom stereocenters. The normalized spacial score (nSPS) is 29.2. The van der Waals surface area contributed by atoms with Crippen LogP contribution in [0.5, 0.6) is 0 Å². The monoisotopic (exact) mass is 265 g/mol. The van der Waals surface area contributed by atoms with Gasteiger partial charge in [0.15, 0.2) is 0 Å². The van der Waals surface area contributed by atoms with Gasteiger partial charge in [-0.15, -0.1) is 0 Å². The molecular formula is C16H24FNO. The molecule has 1 aromatic rings. The smallest absolute Gasteiger partial charge is 0.129 e. The topological polar surface area (TPSA) is 32.3 Å². The maximum Gasteiger partial charge on any atom is 0.129 e. The molecule has 19 heavy (non-hydrogen) atoms. The molecule has 0 bridgehead atoms. The van der Waals surface area contributed by atoms with E-state index in [0.29, 0.717) is 24.1 Å². The van der Waals surface area contributed by atoms with E-state index >= 15 is 0 Å². The molecule has 0 amide bonds. The second kappa shape index (κ2) is 6.49. The summed E-state index contributed by atoms with van der Waals surface area (Å²) >= 11 is 0. The molecule has 0 aliphatic heterocycles. The van der Waals surface area contributed by atoms with Gasteiger partial charge in [-0.3, -0.25) is 0 Å². The van der Waals surface area contributed by atoms with Crippen molar-refractivity contribution in [3.8, 4) is 0 Å². The van der Waals surface area contributed by atoms with Crippen LogP contribution in [-0.2, 0) is 0 Å². The van der Waals surface area contributed by atoms with Gasteiger partial charge in [0.1, 0.15) is 5.82 Å². The summed E-state index contributed by atoms with van der Waals surface area (Å²) in [6, 6.07) is 6.88. The fourth-order valence-corrected chi connectivity index (χ4v) is 3.09. The third-order valence-corrected chi connectivity index (χ3v) is 4.27. The van der Waals surface area contributed by atoms with Crippen molar-refractivity contribution in [1.29, 1.82) is 0 Å². The van der Waals surface area contributed by atoms with Crippen molar-refractivity contribution in [2.24, 2.45) is 11.8 Å². The fourth-order valence-electron chi connectivity index (χ4n) is 3.09. The first-order chi connectivity index (χ1) is 9.08. The van der Waals surface area contributed by atoms with Gasteiger partial charge in [-0.25, -0.2) is 4.39 Å². The Bertz CT molecular complexity index is 409. The molecular weight excluding hydrogens is 241 g/mol. The van der Waals surface area contributed by atoms with Gasteiger partial charge >= 0.3 is 0 Å². The zero-order chi connectivity index (χ0) is 13.8. The Hall–Kier alpha value is -0.930. The van der Waals surface area contributed by atoms with E-state index < -0.39 is 6.10 Å². The van der Waals surface area contributed by atoms with Gasteiger partial charge in [-0.1, -0.05) is 32.0 Å². The van der Waals surface area contributed by atoms with E-state index in [1.807, 2.05) is 0 Å². The predicted octanol–water partition coefficient (Wildman–Crippen LogP) is 3.27. The SMILES string of the molecule is CC1CCC(NCC(O)c2ccccc2F)C(C)C1. The lowest BCUT2D eigenvalue weighted by Crippen LogP contribution is -2.41. The van der Waals surface area contributed by atoms with Gasteiger partial charge in [-0.2, -0.15) is 0 Å². The highest BCUT2D eigenvalue weighted by molar-refractivity contribution is 5.20. The number of benzene rings is 1. The second-order valence-corrected chi connectivity index (χ2v) is 5.95. The minimum atomic E-state index is -0.771. The van der Waals surface area contributed by atoms with Gasteiger partial charge in [-0.05, 0) is 37.2 Å². The van der Waals surface area contributed by atoms with Gasteiger partial charge in [0.05, 0.1) is 6.10 Å². The Labute approximate surface area is 115 Å². The zero-order valence-corrected chi connectivity index (χ0v) is 11.8. The molecule has 1 aliphatic rings. The highest BCUT2D eigenvalue weighted by Crippen LogP contribution is 2.29. The quantitative estimate of drug-likeness (QED) is 0.875. The van der Waals surface area contributed by atoms with Crippen molar-refractivity contribution in [3.05, 3.63) is 35.6 Å². The zero-order valence-electron chi connectivity index (χ0n) is 11.8. The van der Waals surface area contributed by atoms with Crippen LogP contribution in [0.4, 0.5) is 4.39 Å². The van der Waals surface area contributed by atoms with Crippen LogP contribution in [0.1, 0.15) is 44.8 Å². The molecule has 0 saturated heterocycles. The van der Waals surface area contributed by atoms with Crippen molar-refractivity contribution >= 4 is 0 Å². The lowest BCUT2D eigenvalue weighted by molar-refractivity contribution is 0.147. The summed E-state index contributed by atoms with van der Waals surface area (Å²) < 4.78 is 13.5. The molecule has 0 radical (unpaired) electrons. The number of rotatable bonds is 4. The lowest BCUT2D eigenvalue weighted by Gasteiger charge is -2.33. The highest BCUT2D eigenvalue weighted by atomic mass is 19.1. The van der Waals surface area contributed by atoms with Crippen LogP contribution >= 0.6 is 0 Å². The van der Waals surface area contributed by atoms with Crippen LogP contribution in [0, 0.1) is 17.7 Å². The minimum absolute atomic E-state index is 0.331. The number of nitrogens with one attached hydrogen (secondary N) is 1. The highest BCUT2D eigenvalue weighted by Gasteiger charge is 2.25.